The molecular formula is C21H22FN3O3S. The van der Waals surface area contributed by atoms with Crippen LogP contribution in [0.4, 0.5) is 10.1 Å². The van der Waals surface area contributed by atoms with Gasteiger partial charge in [-0.25, -0.2) is 14.2 Å². The van der Waals surface area contributed by atoms with Crippen LogP contribution in [0.5, 0.6) is 0 Å². The molecule has 2 heterocycles. The number of fused-ring (bicyclic) bond motifs is 1. The minimum Gasteiger partial charge on any atom is -0.465 e. The van der Waals surface area contributed by atoms with Gasteiger partial charge in [0.05, 0.1) is 18.5 Å². The van der Waals surface area contributed by atoms with Crippen LogP contribution >= 0.6 is 11.3 Å². The third-order valence-electron chi connectivity index (χ3n) is 4.61. The minimum absolute atomic E-state index is 0.269. The Morgan fingerprint density at radius 3 is 2.45 bits per heavy atom. The number of methoxy groups -OCH3 is 1. The van der Waals surface area contributed by atoms with Crippen molar-refractivity contribution in [2.45, 2.75) is 20.4 Å². The maximum atomic E-state index is 13.1. The van der Waals surface area contributed by atoms with Crippen LogP contribution in [-0.4, -0.2) is 42.0 Å². The van der Waals surface area contributed by atoms with Gasteiger partial charge in [0, 0.05) is 17.5 Å². The van der Waals surface area contributed by atoms with Crippen LogP contribution in [0.2, 0.25) is 0 Å². The second-order valence-corrected chi connectivity index (χ2v) is 7.37. The average Bonchev–Trinajstić information content (AvgIpc) is 3.09. The number of nitrogens with one attached hydrogen (secondary N) is 1. The van der Waals surface area contributed by atoms with Gasteiger partial charge in [-0.3, -0.25) is 9.69 Å². The van der Waals surface area contributed by atoms with E-state index < -0.39 is 17.7 Å². The molecular weight excluding hydrogens is 393 g/mol. The van der Waals surface area contributed by atoms with E-state index >= 15 is 0 Å². The lowest BCUT2D eigenvalue weighted by Crippen LogP contribution is -2.22. The van der Waals surface area contributed by atoms with E-state index in [0.717, 1.165) is 18.8 Å². The van der Waals surface area contributed by atoms with Crippen molar-refractivity contribution in [3.8, 4) is 0 Å². The molecule has 0 unspecified atom stereocenters. The number of pyridine rings is 1. The van der Waals surface area contributed by atoms with Crippen molar-refractivity contribution in [3.05, 3.63) is 58.3 Å². The smallest absolute Gasteiger partial charge is 0.350 e. The van der Waals surface area contributed by atoms with Crippen LogP contribution in [0.15, 0.2) is 36.4 Å². The van der Waals surface area contributed by atoms with Crippen LogP contribution < -0.4 is 5.32 Å². The first-order valence-corrected chi connectivity index (χ1v) is 10.1. The molecule has 1 aromatic carbocycles. The molecule has 0 radical (unpaired) electrons. The van der Waals surface area contributed by atoms with Crippen molar-refractivity contribution >= 4 is 39.1 Å². The summed E-state index contributed by atoms with van der Waals surface area (Å²) in [5.74, 6) is -1.42. The van der Waals surface area contributed by atoms with E-state index in [-0.39, 0.29) is 10.4 Å². The van der Waals surface area contributed by atoms with Crippen molar-refractivity contribution in [1.82, 2.24) is 9.88 Å². The highest BCUT2D eigenvalue weighted by atomic mass is 32.1. The Labute approximate surface area is 172 Å². The summed E-state index contributed by atoms with van der Waals surface area (Å²) in [6.45, 7) is 6.70. The minimum atomic E-state index is -0.548. The Morgan fingerprint density at radius 1 is 1.14 bits per heavy atom. The lowest BCUT2D eigenvalue weighted by molar-refractivity contribution is 0.0607. The first-order valence-electron chi connectivity index (χ1n) is 9.26. The van der Waals surface area contributed by atoms with Crippen molar-refractivity contribution < 1.29 is 18.7 Å². The zero-order valence-electron chi connectivity index (χ0n) is 16.5. The van der Waals surface area contributed by atoms with E-state index in [1.54, 1.807) is 0 Å². The van der Waals surface area contributed by atoms with Gasteiger partial charge >= 0.3 is 5.97 Å². The number of benzene rings is 1. The Hall–Kier alpha value is -2.84. The number of aromatic nitrogens is 1. The number of anilines is 1. The summed E-state index contributed by atoms with van der Waals surface area (Å²) >= 11 is 1.17. The molecule has 0 aliphatic rings. The van der Waals surface area contributed by atoms with Crippen molar-refractivity contribution in [2.24, 2.45) is 0 Å². The van der Waals surface area contributed by atoms with Gasteiger partial charge in [0.15, 0.2) is 0 Å². The maximum Gasteiger partial charge on any atom is 0.350 e. The normalized spacial score (nSPS) is 11.1. The molecule has 0 bridgehead atoms. The molecule has 0 aliphatic carbocycles. The van der Waals surface area contributed by atoms with Gasteiger partial charge in [-0.05, 0) is 49.5 Å². The van der Waals surface area contributed by atoms with Crippen LogP contribution in [-0.2, 0) is 11.3 Å². The molecule has 0 aliphatic heterocycles. The predicted molar refractivity (Wildman–Crippen MR) is 112 cm³/mol. The molecule has 6 nitrogen and oxygen atoms in total. The highest BCUT2D eigenvalue weighted by Gasteiger charge is 2.22. The fourth-order valence-corrected chi connectivity index (χ4v) is 3.99. The maximum absolute atomic E-state index is 13.1. The van der Waals surface area contributed by atoms with Crippen molar-refractivity contribution in [3.63, 3.8) is 0 Å². The summed E-state index contributed by atoms with van der Waals surface area (Å²) in [5.41, 5.74) is 1.52. The Kier molecular flexibility index (Phi) is 6.56. The van der Waals surface area contributed by atoms with Gasteiger partial charge in [0.1, 0.15) is 15.5 Å². The highest BCUT2D eigenvalue weighted by molar-refractivity contribution is 7.21. The van der Waals surface area contributed by atoms with Crippen LogP contribution in [0.25, 0.3) is 10.2 Å². The lowest BCUT2D eigenvalue weighted by atomic mass is 10.2. The Bertz CT molecular complexity index is 1030. The Morgan fingerprint density at radius 2 is 1.83 bits per heavy atom. The summed E-state index contributed by atoms with van der Waals surface area (Å²) in [7, 11) is 1.29. The molecule has 29 heavy (non-hydrogen) atoms. The summed E-state index contributed by atoms with van der Waals surface area (Å²) in [6, 6.07) is 8.94. The van der Waals surface area contributed by atoms with Gasteiger partial charge in [0.25, 0.3) is 5.91 Å². The molecule has 0 fully saturated rings. The number of rotatable bonds is 7. The summed E-state index contributed by atoms with van der Waals surface area (Å²) < 4.78 is 18.0. The van der Waals surface area contributed by atoms with Crippen molar-refractivity contribution in [2.75, 3.05) is 25.5 Å². The van der Waals surface area contributed by atoms with E-state index in [1.165, 1.54) is 42.7 Å². The highest BCUT2D eigenvalue weighted by Crippen LogP contribution is 2.36. The lowest BCUT2D eigenvalue weighted by Gasteiger charge is -2.17. The molecule has 0 spiro atoms. The fraction of sp³-hybridized carbons (Fsp3) is 0.286. The van der Waals surface area contributed by atoms with E-state index in [0.29, 0.717) is 22.4 Å². The first-order chi connectivity index (χ1) is 14.0. The van der Waals surface area contributed by atoms with Crippen LogP contribution in [0, 0.1) is 5.82 Å². The molecule has 3 rings (SSSR count). The van der Waals surface area contributed by atoms with Gasteiger partial charge in [-0.2, -0.15) is 0 Å². The predicted octanol–water partition coefficient (Wildman–Crippen LogP) is 4.32. The third kappa shape index (κ3) is 4.60. The van der Waals surface area contributed by atoms with E-state index in [9.17, 15) is 14.0 Å². The molecule has 0 saturated carbocycles. The number of esters is 1. The number of halogens is 1. The number of hydrogen-bond acceptors (Lipinski definition) is 6. The van der Waals surface area contributed by atoms with Gasteiger partial charge in [-0.1, -0.05) is 13.8 Å². The van der Waals surface area contributed by atoms with Crippen LogP contribution in [0.3, 0.4) is 0 Å². The summed E-state index contributed by atoms with van der Waals surface area (Å²) in [6.07, 6.45) is 0. The average molecular weight is 415 g/mol. The number of thiophene rings is 1. The SMILES string of the molecule is CCN(CC)Cc1ccc2c(NC(=O)c3ccc(F)cc3)c(C(=O)OC)sc2n1. The summed E-state index contributed by atoms with van der Waals surface area (Å²) in [4.78, 5) is 32.7. The van der Waals surface area contributed by atoms with Crippen LogP contribution in [0.1, 0.15) is 39.6 Å². The number of nitrogens with zero attached hydrogens (tertiary/aromatic N) is 2. The molecule has 1 amide bonds. The number of carbonyl (C=O) groups excluding carboxylic acids is 2. The molecule has 152 valence electrons. The molecule has 3 aromatic rings. The molecule has 2 aromatic heterocycles. The van der Waals surface area contributed by atoms with Crippen molar-refractivity contribution in [1.29, 1.82) is 0 Å². The number of carbonyl (C=O) groups is 2. The monoisotopic (exact) mass is 415 g/mol. The zero-order valence-corrected chi connectivity index (χ0v) is 17.3. The summed E-state index contributed by atoms with van der Waals surface area (Å²) in [5, 5.41) is 3.43. The molecule has 1 N–H and O–H groups in total. The number of amides is 1. The number of ether oxygens (including phenoxy) is 1. The standard InChI is InChI=1S/C21H22FN3O3S/c1-4-25(5-2)12-15-10-11-16-17(18(21(27)28-3)29-20(16)23-15)24-19(26)13-6-8-14(22)9-7-13/h6-11H,4-5,12H2,1-3H3,(H,24,26). The first kappa shape index (κ1) is 20.9. The van der Waals surface area contributed by atoms with Gasteiger partial charge in [0.2, 0.25) is 0 Å². The van der Waals surface area contributed by atoms with E-state index in [2.05, 4.69) is 29.0 Å². The zero-order chi connectivity index (χ0) is 21.0. The second kappa shape index (κ2) is 9.11. The number of hydrogen-bond donors (Lipinski definition) is 1. The Balaban J connectivity index is 1.98. The molecule has 0 atom stereocenters. The third-order valence-corrected chi connectivity index (χ3v) is 5.69. The quantitative estimate of drug-likeness (QED) is 0.582. The van der Waals surface area contributed by atoms with E-state index in [4.69, 9.17) is 4.74 Å². The van der Waals surface area contributed by atoms with Gasteiger partial charge in [-0.15, -0.1) is 11.3 Å². The van der Waals surface area contributed by atoms with Gasteiger partial charge < -0.3 is 10.1 Å². The second-order valence-electron chi connectivity index (χ2n) is 6.38. The topological polar surface area (TPSA) is 71.5 Å². The molecule has 0 saturated heterocycles. The molecule has 8 heteroatoms. The largest absolute Gasteiger partial charge is 0.465 e. The van der Waals surface area contributed by atoms with E-state index in [1.807, 2.05) is 12.1 Å². The fourth-order valence-electron chi connectivity index (χ4n) is 2.93.